The summed E-state index contributed by atoms with van der Waals surface area (Å²) in [6.45, 7) is 7.07. The van der Waals surface area contributed by atoms with E-state index in [9.17, 15) is 4.57 Å². The Balaban J connectivity index is 1.76. The van der Waals surface area contributed by atoms with Crippen LogP contribution in [0.2, 0.25) is 0 Å². The van der Waals surface area contributed by atoms with E-state index >= 15 is 0 Å². The molecule has 2 aromatic carbocycles. The monoisotopic (exact) mass is 354 g/mol. The van der Waals surface area contributed by atoms with Gasteiger partial charge in [0.2, 0.25) is 0 Å². The maximum absolute atomic E-state index is 14.2. The summed E-state index contributed by atoms with van der Waals surface area (Å²) in [5, 5.41) is 1.59. The number of fused-ring (bicyclic) bond motifs is 2. The first kappa shape index (κ1) is 17.1. The van der Waals surface area contributed by atoms with Crippen molar-refractivity contribution in [3.05, 3.63) is 60.7 Å². The highest BCUT2D eigenvalue weighted by atomic mass is 31.2. The number of benzene rings is 2. The van der Waals surface area contributed by atoms with Crippen LogP contribution in [0.15, 0.2) is 60.7 Å². The molecule has 2 aliphatic rings. The lowest BCUT2D eigenvalue weighted by molar-refractivity contribution is 0.0347. The Kier molecular flexibility index (Phi) is 3.98. The van der Waals surface area contributed by atoms with Crippen LogP contribution < -0.4 is 10.6 Å². The molecule has 2 fully saturated rings. The van der Waals surface area contributed by atoms with Crippen LogP contribution in [0, 0.1) is 16.7 Å². The Hall–Kier alpha value is -1.37. The molecule has 0 N–H and O–H groups in total. The van der Waals surface area contributed by atoms with E-state index in [1.807, 2.05) is 60.7 Å². The summed E-state index contributed by atoms with van der Waals surface area (Å²) in [6, 6.07) is 19.5. The lowest BCUT2D eigenvalue weighted by Gasteiger charge is -2.40. The van der Waals surface area contributed by atoms with E-state index in [0.717, 1.165) is 17.0 Å². The van der Waals surface area contributed by atoms with Crippen LogP contribution in [0.1, 0.15) is 40.0 Å². The van der Waals surface area contributed by atoms with Gasteiger partial charge in [-0.15, -0.1) is 0 Å². The molecule has 0 saturated heterocycles. The predicted octanol–water partition coefficient (Wildman–Crippen LogP) is 5.15. The van der Waals surface area contributed by atoms with Crippen LogP contribution in [-0.4, -0.2) is 6.10 Å². The second kappa shape index (κ2) is 5.83. The van der Waals surface area contributed by atoms with Crippen LogP contribution in [0.25, 0.3) is 0 Å². The zero-order valence-corrected chi connectivity index (χ0v) is 16.2. The molecule has 2 saturated carbocycles. The summed E-state index contributed by atoms with van der Waals surface area (Å²) >= 11 is 0. The van der Waals surface area contributed by atoms with Crippen molar-refractivity contribution in [2.75, 3.05) is 0 Å². The largest absolute Gasteiger partial charge is 0.318 e. The van der Waals surface area contributed by atoms with E-state index in [4.69, 9.17) is 4.52 Å². The predicted molar refractivity (Wildman–Crippen MR) is 104 cm³/mol. The van der Waals surface area contributed by atoms with Crippen LogP contribution in [0.5, 0.6) is 0 Å². The van der Waals surface area contributed by atoms with E-state index < -0.39 is 7.37 Å². The molecule has 0 heterocycles. The summed E-state index contributed by atoms with van der Waals surface area (Å²) in [4.78, 5) is 0. The van der Waals surface area contributed by atoms with Gasteiger partial charge >= 0.3 is 0 Å². The number of hydrogen-bond acceptors (Lipinski definition) is 2. The molecule has 0 radical (unpaired) electrons. The van der Waals surface area contributed by atoms with Crippen molar-refractivity contribution in [1.29, 1.82) is 0 Å². The van der Waals surface area contributed by atoms with Gasteiger partial charge in [-0.1, -0.05) is 57.2 Å². The fourth-order valence-corrected chi connectivity index (χ4v) is 7.34. The maximum Gasteiger partial charge on any atom is 0.261 e. The fourth-order valence-electron chi connectivity index (χ4n) is 4.99. The van der Waals surface area contributed by atoms with Crippen molar-refractivity contribution in [3.8, 4) is 0 Å². The summed E-state index contributed by atoms with van der Waals surface area (Å²) in [6.07, 6.45) is 3.50. The lowest BCUT2D eigenvalue weighted by Crippen LogP contribution is -2.38. The third-order valence-electron chi connectivity index (χ3n) is 7.18. The standard InChI is InChI=1S/C22H27O2P/c1-21(2)17-14-15-22(21,3)20(16-17)24-25(23,18-10-6-4-7-11-18)19-12-8-5-9-13-19/h4-13,17,20H,14-16H2,1-3H3/t17-,20-,22-/m0/s1. The molecule has 0 aromatic heterocycles. The maximum atomic E-state index is 14.2. The Morgan fingerprint density at radius 1 is 0.920 bits per heavy atom. The molecule has 3 atom stereocenters. The van der Waals surface area contributed by atoms with E-state index in [-0.39, 0.29) is 16.9 Å². The van der Waals surface area contributed by atoms with Gasteiger partial charge in [-0.2, -0.15) is 0 Å². The minimum atomic E-state index is -3.10. The van der Waals surface area contributed by atoms with Gasteiger partial charge in [0, 0.05) is 10.6 Å². The SMILES string of the molecule is CC1(C)[C@H]2CC[C@@]1(C)[C@@H](OP(=O)(c1ccccc1)c1ccccc1)C2. The van der Waals surface area contributed by atoms with Gasteiger partial charge in [0.25, 0.3) is 7.37 Å². The molecule has 2 aliphatic carbocycles. The Morgan fingerprint density at radius 2 is 1.44 bits per heavy atom. The highest BCUT2D eigenvalue weighted by Gasteiger charge is 2.63. The molecule has 2 nitrogen and oxygen atoms in total. The van der Waals surface area contributed by atoms with Crippen molar-refractivity contribution in [1.82, 2.24) is 0 Å². The molecular formula is C22H27O2P. The minimum Gasteiger partial charge on any atom is -0.318 e. The summed E-state index contributed by atoms with van der Waals surface area (Å²) in [5.74, 6) is 0.669. The van der Waals surface area contributed by atoms with Gasteiger partial charge < -0.3 is 4.52 Å². The van der Waals surface area contributed by atoms with Crippen molar-refractivity contribution in [2.45, 2.75) is 46.1 Å². The first-order chi connectivity index (χ1) is 11.9. The van der Waals surface area contributed by atoms with E-state index in [1.165, 1.54) is 12.8 Å². The summed E-state index contributed by atoms with van der Waals surface area (Å²) in [5.41, 5.74) is 0.340. The topological polar surface area (TPSA) is 26.3 Å². The zero-order chi connectivity index (χ0) is 17.7. The van der Waals surface area contributed by atoms with E-state index in [2.05, 4.69) is 20.8 Å². The van der Waals surface area contributed by atoms with E-state index in [1.54, 1.807) is 0 Å². The average molecular weight is 354 g/mol. The zero-order valence-electron chi connectivity index (χ0n) is 15.3. The van der Waals surface area contributed by atoms with Gasteiger partial charge in [-0.25, -0.2) is 0 Å². The molecule has 132 valence electrons. The molecule has 25 heavy (non-hydrogen) atoms. The first-order valence-corrected chi connectivity index (χ1v) is 10.9. The van der Waals surface area contributed by atoms with E-state index in [0.29, 0.717) is 5.92 Å². The lowest BCUT2D eigenvalue weighted by atomic mass is 9.70. The summed E-state index contributed by atoms with van der Waals surface area (Å²) in [7, 11) is -3.10. The first-order valence-electron chi connectivity index (χ1n) is 9.28. The molecule has 0 spiro atoms. The Bertz CT molecular complexity index is 756. The molecule has 0 aliphatic heterocycles. The molecule has 2 aromatic rings. The van der Waals surface area contributed by atoms with Crippen LogP contribution in [0.4, 0.5) is 0 Å². The third kappa shape index (κ3) is 2.46. The number of hydrogen-bond donors (Lipinski definition) is 0. The second-order valence-electron chi connectivity index (χ2n) is 8.43. The van der Waals surface area contributed by atoms with Gasteiger partial charge in [0.05, 0.1) is 6.10 Å². The molecule has 0 amide bonds. The second-order valence-corrected chi connectivity index (χ2v) is 10.8. The Labute approximate surface area is 151 Å². The van der Waals surface area contributed by atoms with Gasteiger partial charge in [-0.3, -0.25) is 4.57 Å². The molecule has 3 heteroatoms. The average Bonchev–Trinajstić information content (AvgIpc) is 2.96. The van der Waals surface area contributed by atoms with Crippen molar-refractivity contribution in [3.63, 3.8) is 0 Å². The number of rotatable bonds is 4. The molecule has 0 unspecified atom stereocenters. The quantitative estimate of drug-likeness (QED) is 0.710. The normalized spacial score (nSPS) is 30.5. The van der Waals surface area contributed by atoms with Gasteiger partial charge in [-0.05, 0) is 60.3 Å². The van der Waals surface area contributed by atoms with Gasteiger partial charge in [0.15, 0.2) is 0 Å². The highest BCUT2D eigenvalue weighted by Crippen LogP contribution is 2.68. The third-order valence-corrected chi connectivity index (χ3v) is 9.69. The minimum absolute atomic E-state index is 0.0486. The Morgan fingerprint density at radius 3 is 1.84 bits per heavy atom. The highest BCUT2D eigenvalue weighted by molar-refractivity contribution is 7.74. The fraction of sp³-hybridized carbons (Fsp3) is 0.455. The van der Waals surface area contributed by atoms with Gasteiger partial charge in [0.1, 0.15) is 0 Å². The molecule has 2 bridgehead atoms. The van der Waals surface area contributed by atoms with Crippen LogP contribution >= 0.6 is 7.37 Å². The molecular weight excluding hydrogens is 327 g/mol. The van der Waals surface area contributed by atoms with Crippen LogP contribution in [0.3, 0.4) is 0 Å². The van der Waals surface area contributed by atoms with Crippen LogP contribution in [-0.2, 0) is 9.09 Å². The van der Waals surface area contributed by atoms with Crippen molar-refractivity contribution < 1.29 is 9.09 Å². The smallest absolute Gasteiger partial charge is 0.261 e. The summed E-state index contributed by atoms with van der Waals surface area (Å²) < 4.78 is 20.8. The van der Waals surface area contributed by atoms with Crippen molar-refractivity contribution in [2.24, 2.45) is 16.7 Å². The molecule has 4 rings (SSSR count). The van der Waals surface area contributed by atoms with Crippen molar-refractivity contribution >= 4 is 18.0 Å².